The molecule has 2 rings (SSSR count). The number of ether oxygens (including phenoxy) is 1. The number of amides is 2. The molecule has 0 aromatic heterocycles. The Labute approximate surface area is 168 Å². The fourth-order valence-corrected chi connectivity index (χ4v) is 3.71. The first-order chi connectivity index (χ1) is 13.2. The number of phenolic OH excluding ortho intramolecular Hbond substituents is 1. The van der Waals surface area contributed by atoms with E-state index in [0.29, 0.717) is 23.4 Å². The second kappa shape index (κ2) is 9.36. The van der Waals surface area contributed by atoms with Gasteiger partial charge in [0.05, 0.1) is 7.11 Å². The van der Waals surface area contributed by atoms with Crippen LogP contribution in [-0.2, 0) is 16.0 Å². The second-order valence-electron chi connectivity index (χ2n) is 6.55. The van der Waals surface area contributed by atoms with Crippen molar-refractivity contribution in [2.24, 2.45) is 11.7 Å². The summed E-state index contributed by atoms with van der Waals surface area (Å²) in [6.07, 6.45) is 0.336. The Hall–Kier alpha value is -2.87. The maximum absolute atomic E-state index is 13.0. The van der Waals surface area contributed by atoms with Crippen LogP contribution in [-0.4, -0.2) is 34.9 Å². The highest BCUT2D eigenvalue weighted by Gasteiger charge is 2.25. The summed E-state index contributed by atoms with van der Waals surface area (Å²) in [4.78, 5) is 25.2. The van der Waals surface area contributed by atoms with Crippen molar-refractivity contribution in [3.63, 3.8) is 0 Å². The Kier molecular flexibility index (Phi) is 7.17. The van der Waals surface area contributed by atoms with Crippen molar-refractivity contribution in [2.75, 3.05) is 19.4 Å². The summed E-state index contributed by atoms with van der Waals surface area (Å²) >= 11 is 1.12. The van der Waals surface area contributed by atoms with Crippen molar-refractivity contribution in [2.45, 2.75) is 25.2 Å². The maximum Gasteiger partial charge on any atom is 0.238 e. The van der Waals surface area contributed by atoms with Crippen molar-refractivity contribution in [1.82, 2.24) is 4.31 Å². The summed E-state index contributed by atoms with van der Waals surface area (Å²) in [6.45, 7) is 3.42. The minimum atomic E-state index is -0.608. The molecule has 150 valence electrons. The molecule has 28 heavy (non-hydrogen) atoms. The van der Waals surface area contributed by atoms with Crippen molar-refractivity contribution >= 4 is 29.4 Å². The number of rotatable bonds is 8. The molecular formula is C20H25N3O4S. The van der Waals surface area contributed by atoms with Crippen molar-refractivity contribution < 1.29 is 19.4 Å². The van der Waals surface area contributed by atoms with E-state index in [0.717, 1.165) is 22.4 Å². The molecule has 0 aliphatic rings. The van der Waals surface area contributed by atoms with Gasteiger partial charge in [-0.3, -0.25) is 13.9 Å². The number of methoxy groups -OCH3 is 1. The van der Waals surface area contributed by atoms with E-state index in [-0.39, 0.29) is 18.2 Å². The largest absolute Gasteiger partial charge is 0.508 e. The Morgan fingerprint density at radius 1 is 1.25 bits per heavy atom. The van der Waals surface area contributed by atoms with Crippen molar-refractivity contribution in [3.05, 3.63) is 47.5 Å². The van der Waals surface area contributed by atoms with Gasteiger partial charge in [0.1, 0.15) is 18.0 Å². The summed E-state index contributed by atoms with van der Waals surface area (Å²) in [5, 5.41) is 9.73. The molecule has 2 aromatic carbocycles. The molecule has 2 aromatic rings. The van der Waals surface area contributed by atoms with Crippen LogP contribution in [0, 0.1) is 12.8 Å². The van der Waals surface area contributed by atoms with Crippen LogP contribution in [0.1, 0.15) is 18.1 Å². The van der Waals surface area contributed by atoms with Gasteiger partial charge >= 0.3 is 0 Å². The fraction of sp³-hybridized carbons (Fsp3) is 0.300. The molecule has 0 aliphatic carbocycles. The molecule has 7 nitrogen and oxygen atoms in total. The molecule has 2 amide bonds. The van der Waals surface area contributed by atoms with Crippen LogP contribution < -0.4 is 16.2 Å². The quantitative estimate of drug-likeness (QED) is 0.460. The highest BCUT2D eigenvalue weighted by Crippen LogP contribution is 2.30. The van der Waals surface area contributed by atoms with E-state index in [9.17, 15) is 14.7 Å². The van der Waals surface area contributed by atoms with E-state index in [1.54, 1.807) is 25.1 Å². The van der Waals surface area contributed by atoms with E-state index >= 15 is 0 Å². The van der Waals surface area contributed by atoms with Gasteiger partial charge in [-0.1, -0.05) is 13.0 Å². The third-order valence-corrected chi connectivity index (χ3v) is 5.22. The SMILES string of the molecule is COc1ccc(O)cc1CC(C)C(=O)N(CC(N)=O)Sc1ccc(C)c(N)c1. The minimum Gasteiger partial charge on any atom is -0.508 e. The van der Waals surface area contributed by atoms with Crippen LogP contribution in [0.5, 0.6) is 11.5 Å². The Morgan fingerprint density at radius 3 is 2.57 bits per heavy atom. The van der Waals surface area contributed by atoms with E-state index in [2.05, 4.69) is 0 Å². The number of aryl methyl sites for hydroxylation is 1. The van der Waals surface area contributed by atoms with E-state index in [4.69, 9.17) is 16.2 Å². The van der Waals surface area contributed by atoms with Gasteiger partial charge in [-0.05, 0) is 66.8 Å². The van der Waals surface area contributed by atoms with Crippen LogP contribution in [0.3, 0.4) is 0 Å². The average molecular weight is 404 g/mol. The number of hydrogen-bond acceptors (Lipinski definition) is 6. The van der Waals surface area contributed by atoms with E-state index < -0.39 is 11.8 Å². The zero-order chi connectivity index (χ0) is 20.8. The second-order valence-corrected chi connectivity index (χ2v) is 7.65. The third kappa shape index (κ3) is 5.56. The van der Waals surface area contributed by atoms with Crippen LogP contribution in [0.4, 0.5) is 5.69 Å². The molecule has 1 atom stereocenters. The van der Waals surface area contributed by atoms with Crippen LogP contribution >= 0.6 is 11.9 Å². The predicted molar refractivity (Wildman–Crippen MR) is 110 cm³/mol. The number of nitrogens with zero attached hydrogens (tertiary/aromatic N) is 1. The molecular weight excluding hydrogens is 378 g/mol. The number of carbonyl (C=O) groups excluding carboxylic acids is 2. The fourth-order valence-electron chi connectivity index (χ4n) is 2.69. The molecule has 1 unspecified atom stereocenters. The molecule has 0 saturated carbocycles. The molecule has 0 heterocycles. The maximum atomic E-state index is 13.0. The molecule has 0 radical (unpaired) electrons. The summed E-state index contributed by atoms with van der Waals surface area (Å²) in [6, 6.07) is 10.2. The number of benzene rings is 2. The average Bonchev–Trinajstić information content (AvgIpc) is 2.63. The molecule has 5 N–H and O–H groups in total. The number of primary amides is 1. The third-order valence-electron chi connectivity index (χ3n) is 4.22. The summed E-state index contributed by atoms with van der Waals surface area (Å²) in [5.41, 5.74) is 13.5. The number of hydrogen-bond donors (Lipinski definition) is 3. The summed E-state index contributed by atoms with van der Waals surface area (Å²) in [5.74, 6) is -0.659. The van der Waals surface area contributed by atoms with Gasteiger partial charge in [-0.25, -0.2) is 0 Å². The zero-order valence-corrected chi connectivity index (χ0v) is 17.0. The smallest absolute Gasteiger partial charge is 0.238 e. The van der Waals surface area contributed by atoms with E-state index in [1.165, 1.54) is 17.5 Å². The molecule has 0 fully saturated rings. The number of aromatic hydroxyl groups is 1. The predicted octanol–water partition coefficient (Wildman–Crippen LogP) is 2.49. The lowest BCUT2D eigenvalue weighted by Crippen LogP contribution is -2.37. The summed E-state index contributed by atoms with van der Waals surface area (Å²) in [7, 11) is 1.53. The Morgan fingerprint density at radius 2 is 1.96 bits per heavy atom. The summed E-state index contributed by atoms with van der Waals surface area (Å²) < 4.78 is 6.64. The first-order valence-corrected chi connectivity index (χ1v) is 9.48. The van der Waals surface area contributed by atoms with Crippen LogP contribution in [0.25, 0.3) is 0 Å². The highest BCUT2D eigenvalue weighted by atomic mass is 32.2. The lowest BCUT2D eigenvalue weighted by Gasteiger charge is -2.24. The van der Waals surface area contributed by atoms with Gasteiger partial charge in [0.25, 0.3) is 0 Å². The molecule has 8 heteroatoms. The Balaban J connectivity index is 2.20. The monoisotopic (exact) mass is 403 g/mol. The normalized spacial score (nSPS) is 11.7. The first kappa shape index (κ1) is 21.4. The Bertz CT molecular complexity index is 873. The number of anilines is 1. The molecule has 0 saturated heterocycles. The van der Waals surface area contributed by atoms with Gasteiger partial charge in [0.15, 0.2) is 0 Å². The van der Waals surface area contributed by atoms with Gasteiger partial charge in [-0.2, -0.15) is 0 Å². The molecule has 0 aliphatic heterocycles. The number of nitrogens with two attached hydrogens (primary N) is 2. The number of phenols is 1. The van der Waals surface area contributed by atoms with Gasteiger partial charge in [-0.15, -0.1) is 0 Å². The standard InChI is InChI=1S/C20H25N3O4S/c1-12-4-6-16(10-17(12)21)28-23(11-19(22)25)20(26)13(2)8-14-9-15(24)5-7-18(14)27-3/h4-7,9-10,13,24H,8,11,21H2,1-3H3,(H2,22,25). The number of carbonyl (C=O) groups is 2. The van der Waals surface area contributed by atoms with Gasteiger partial charge in [0, 0.05) is 16.5 Å². The van der Waals surface area contributed by atoms with E-state index in [1.807, 2.05) is 19.1 Å². The number of nitrogen functional groups attached to an aromatic ring is 1. The lowest BCUT2D eigenvalue weighted by atomic mass is 9.99. The van der Waals surface area contributed by atoms with Crippen molar-refractivity contribution in [3.8, 4) is 11.5 Å². The first-order valence-electron chi connectivity index (χ1n) is 8.71. The van der Waals surface area contributed by atoms with Crippen LogP contribution in [0.2, 0.25) is 0 Å². The minimum absolute atomic E-state index is 0.0916. The van der Waals surface area contributed by atoms with Gasteiger partial charge < -0.3 is 21.3 Å². The molecule has 0 spiro atoms. The van der Waals surface area contributed by atoms with Gasteiger partial charge in [0.2, 0.25) is 11.8 Å². The molecule has 0 bridgehead atoms. The lowest BCUT2D eigenvalue weighted by molar-refractivity contribution is -0.132. The topological polar surface area (TPSA) is 119 Å². The zero-order valence-electron chi connectivity index (χ0n) is 16.1. The van der Waals surface area contributed by atoms with Crippen LogP contribution in [0.15, 0.2) is 41.3 Å². The van der Waals surface area contributed by atoms with Crippen molar-refractivity contribution in [1.29, 1.82) is 0 Å². The highest BCUT2D eigenvalue weighted by molar-refractivity contribution is 7.97.